The van der Waals surface area contributed by atoms with Crippen LogP contribution in [0, 0.1) is 0 Å². The van der Waals surface area contributed by atoms with Crippen molar-refractivity contribution >= 4 is 5.96 Å². The zero-order chi connectivity index (χ0) is 19.8. The number of guanidine groups is 1. The molecule has 0 spiro atoms. The molecule has 1 aromatic heterocycles. The summed E-state index contributed by atoms with van der Waals surface area (Å²) in [6.45, 7) is 8.02. The van der Waals surface area contributed by atoms with Gasteiger partial charge in [-0.15, -0.1) is 0 Å². The maximum atomic E-state index is 5.47. The molecule has 6 nitrogen and oxygen atoms in total. The number of likely N-dealkylation sites (tertiary alicyclic amines) is 1. The molecule has 152 valence electrons. The number of rotatable bonds is 8. The Morgan fingerprint density at radius 2 is 1.89 bits per heavy atom. The average molecular weight is 384 g/mol. The molecule has 1 aliphatic rings. The molecule has 0 aliphatic carbocycles. The first kappa shape index (κ1) is 20.4. The number of aryl methyl sites for hydroxylation is 2. The minimum Gasteiger partial charge on any atom is -0.361 e. The van der Waals surface area contributed by atoms with Crippen molar-refractivity contribution in [3.63, 3.8) is 0 Å². The number of nitrogens with zero attached hydrogens (tertiary/aromatic N) is 3. The molecular weight excluding hydrogens is 350 g/mol. The van der Waals surface area contributed by atoms with E-state index in [0.29, 0.717) is 12.6 Å². The minimum absolute atomic E-state index is 0.357. The fraction of sp³-hybridized carbons (Fsp3) is 0.545. The second-order valence-electron chi connectivity index (χ2n) is 7.21. The van der Waals surface area contributed by atoms with E-state index in [0.717, 1.165) is 55.5 Å². The molecule has 1 unspecified atom stereocenters. The molecule has 1 aromatic carbocycles. The lowest BCUT2D eigenvalue weighted by Gasteiger charge is -2.29. The van der Waals surface area contributed by atoms with Gasteiger partial charge in [-0.25, -0.2) is 0 Å². The average Bonchev–Trinajstić information content (AvgIpc) is 3.40. The molecule has 2 N–H and O–H groups in total. The Labute approximate surface area is 168 Å². The number of hydrogen-bond acceptors (Lipinski definition) is 4. The van der Waals surface area contributed by atoms with Gasteiger partial charge in [0, 0.05) is 32.1 Å². The number of hydrogen-bond donors (Lipinski definition) is 2. The SMILES string of the molecule is CCc1noc(CC)c1CNC(=NC)NCC(c1ccccc1)N1CCCC1. The van der Waals surface area contributed by atoms with E-state index in [-0.39, 0.29) is 0 Å². The van der Waals surface area contributed by atoms with Gasteiger partial charge < -0.3 is 15.2 Å². The highest BCUT2D eigenvalue weighted by atomic mass is 16.5. The molecule has 1 saturated heterocycles. The third-order valence-corrected chi connectivity index (χ3v) is 5.49. The predicted molar refractivity (Wildman–Crippen MR) is 113 cm³/mol. The fourth-order valence-electron chi connectivity index (χ4n) is 3.91. The lowest BCUT2D eigenvalue weighted by molar-refractivity contribution is 0.245. The van der Waals surface area contributed by atoms with E-state index >= 15 is 0 Å². The van der Waals surface area contributed by atoms with Crippen LogP contribution < -0.4 is 10.6 Å². The smallest absolute Gasteiger partial charge is 0.191 e. The van der Waals surface area contributed by atoms with Gasteiger partial charge in [0.15, 0.2) is 5.96 Å². The maximum Gasteiger partial charge on any atom is 0.191 e. The third-order valence-electron chi connectivity index (χ3n) is 5.49. The van der Waals surface area contributed by atoms with Crippen LogP contribution in [0.4, 0.5) is 0 Å². The molecule has 0 bridgehead atoms. The molecule has 0 radical (unpaired) electrons. The van der Waals surface area contributed by atoms with E-state index < -0.39 is 0 Å². The van der Waals surface area contributed by atoms with Crippen LogP contribution in [0.25, 0.3) is 0 Å². The zero-order valence-electron chi connectivity index (χ0n) is 17.4. The summed E-state index contributed by atoms with van der Waals surface area (Å²) in [7, 11) is 1.82. The van der Waals surface area contributed by atoms with Crippen molar-refractivity contribution in [1.82, 2.24) is 20.7 Å². The summed E-state index contributed by atoms with van der Waals surface area (Å²) in [5.74, 6) is 1.77. The Bertz CT molecular complexity index is 728. The maximum absolute atomic E-state index is 5.47. The van der Waals surface area contributed by atoms with Crippen molar-refractivity contribution in [3.05, 3.63) is 52.9 Å². The number of aliphatic imine (C=N–C) groups is 1. The van der Waals surface area contributed by atoms with Crippen molar-refractivity contribution in [1.29, 1.82) is 0 Å². The minimum atomic E-state index is 0.357. The van der Waals surface area contributed by atoms with Gasteiger partial charge in [0.1, 0.15) is 5.76 Å². The Kier molecular flexibility index (Phi) is 7.48. The van der Waals surface area contributed by atoms with Crippen molar-refractivity contribution in [2.24, 2.45) is 4.99 Å². The van der Waals surface area contributed by atoms with Crippen LogP contribution in [-0.4, -0.2) is 42.7 Å². The number of nitrogens with one attached hydrogen (secondary N) is 2. The summed E-state index contributed by atoms with van der Waals surface area (Å²) in [6.07, 6.45) is 4.28. The number of benzene rings is 1. The van der Waals surface area contributed by atoms with Gasteiger partial charge in [-0.05, 0) is 37.9 Å². The van der Waals surface area contributed by atoms with Crippen LogP contribution in [0.2, 0.25) is 0 Å². The lowest BCUT2D eigenvalue weighted by Crippen LogP contribution is -2.42. The van der Waals surface area contributed by atoms with E-state index in [2.05, 4.69) is 69.9 Å². The summed E-state index contributed by atoms with van der Waals surface area (Å²) >= 11 is 0. The zero-order valence-corrected chi connectivity index (χ0v) is 17.4. The number of aromatic nitrogens is 1. The van der Waals surface area contributed by atoms with E-state index in [1.54, 1.807) is 0 Å². The summed E-state index contributed by atoms with van der Waals surface area (Å²) in [5, 5.41) is 11.2. The quantitative estimate of drug-likeness (QED) is 0.541. The van der Waals surface area contributed by atoms with Crippen LogP contribution in [-0.2, 0) is 19.4 Å². The largest absolute Gasteiger partial charge is 0.361 e. The standard InChI is InChI=1S/C22H33N5O/c1-4-19-18(21(5-2)28-26-19)15-24-22(23-3)25-16-20(27-13-9-10-14-27)17-11-7-6-8-12-17/h6-8,11-12,20H,4-5,9-10,13-16H2,1-3H3,(H2,23,24,25). The molecule has 0 saturated carbocycles. The Morgan fingerprint density at radius 1 is 1.14 bits per heavy atom. The second kappa shape index (κ2) is 10.3. The van der Waals surface area contributed by atoms with Crippen molar-refractivity contribution < 1.29 is 4.52 Å². The van der Waals surface area contributed by atoms with E-state index in [1.807, 2.05) is 7.05 Å². The Balaban J connectivity index is 1.63. The molecule has 1 aliphatic heterocycles. The summed E-state index contributed by atoms with van der Waals surface area (Å²) < 4.78 is 5.47. The molecule has 6 heteroatoms. The van der Waals surface area contributed by atoms with Gasteiger partial charge in [-0.3, -0.25) is 9.89 Å². The highest BCUT2D eigenvalue weighted by Gasteiger charge is 2.23. The molecule has 1 fully saturated rings. The molecule has 3 rings (SSSR count). The van der Waals surface area contributed by atoms with Crippen molar-refractivity contribution in [2.75, 3.05) is 26.7 Å². The van der Waals surface area contributed by atoms with Gasteiger partial charge >= 0.3 is 0 Å². The van der Waals surface area contributed by atoms with Crippen LogP contribution >= 0.6 is 0 Å². The first-order chi connectivity index (χ1) is 13.8. The second-order valence-corrected chi connectivity index (χ2v) is 7.21. The molecular formula is C22H33N5O. The highest BCUT2D eigenvalue weighted by molar-refractivity contribution is 5.79. The topological polar surface area (TPSA) is 65.7 Å². The summed E-state index contributed by atoms with van der Waals surface area (Å²) in [5.41, 5.74) is 3.54. The van der Waals surface area contributed by atoms with Gasteiger partial charge in [0.2, 0.25) is 0 Å². The summed E-state index contributed by atoms with van der Waals surface area (Å²) in [4.78, 5) is 6.99. The van der Waals surface area contributed by atoms with E-state index in [1.165, 1.54) is 18.4 Å². The lowest BCUT2D eigenvalue weighted by atomic mass is 10.1. The van der Waals surface area contributed by atoms with E-state index in [4.69, 9.17) is 4.52 Å². The van der Waals surface area contributed by atoms with Gasteiger partial charge in [0.05, 0.1) is 11.7 Å². The molecule has 2 heterocycles. The first-order valence-electron chi connectivity index (χ1n) is 10.5. The monoisotopic (exact) mass is 383 g/mol. The normalized spacial score (nSPS) is 16.3. The van der Waals surface area contributed by atoms with Crippen LogP contribution in [0.3, 0.4) is 0 Å². The van der Waals surface area contributed by atoms with Gasteiger partial charge in [-0.1, -0.05) is 49.3 Å². The first-order valence-corrected chi connectivity index (χ1v) is 10.5. The Hall–Kier alpha value is -2.34. The Morgan fingerprint density at radius 3 is 2.54 bits per heavy atom. The van der Waals surface area contributed by atoms with Crippen molar-refractivity contribution in [3.8, 4) is 0 Å². The predicted octanol–water partition coefficient (Wildman–Crippen LogP) is 3.30. The fourth-order valence-corrected chi connectivity index (χ4v) is 3.91. The van der Waals surface area contributed by atoms with Gasteiger partial charge in [0.25, 0.3) is 0 Å². The summed E-state index contributed by atoms with van der Waals surface area (Å²) in [6, 6.07) is 11.1. The molecule has 28 heavy (non-hydrogen) atoms. The molecule has 0 amide bonds. The van der Waals surface area contributed by atoms with Crippen LogP contribution in [0.1, 0.15) is 55.3 Å². The molecule has 1 atom stereocenters. The highest BCUT2D eigenvalue weighted by Crippen LogP contribution is 2.24. The van der Waals surface area contributed by atoms with E-state index in [9.17, 15) is 0 Å². The van der Waals surface area contributed by atoms with Crippen LogP contribution in [0.15, 0.2) is 39.8 Å². The third kappa shape index (κ3) is 4.93. The molecule has 2 aromatic rings. The van der Waals surface area contributed by atoms with Crippen molar-refractivity contribution in [2.45, 2.75) is 52.1 Å². The van der Waals surface area contributed by atoms with Gasteiger partial charge in [-0.2, -0.15) is 0 Å². The van der Waals surface area contributed by atoms with Crippen LogP contribution in [0.5, 0.6) is 0 Å².